The van der Waals surface area contributed by atoms with Crippen LogP contribution in [0.15, 0.2) is 36.9 Å². The van der Waals surface area contributed by atoms with E-state index >= 15 is 0 Å². The number of halogens is 2. The lowest BCUT2D eigenvalue weighted by atomic mass is 10.00. The van der Waals surface area contributed by atoms with Gasteiger partial charge in [-0.2, -0.15) is 0 Å². The van der Waals surface area contributed by atoms with Gasteiger partial charge in [0.15, 0.2) is 5.65 Å². The molecule has 7 nitrogen and oxygen atoms in total. The summed E-state index contributed by atoms with van der Waals surface area (Å²) in [6.07, 6.45) is 6.67. The lowest BCUT2D eigenvalue weighted by molar-refractivity contribution is 0.356. The number of ether oxygens (including phenoxy) is 2. The largest absolute Gasteiger partial charge is 0.493 e. The Labute approximate surface area is 176 Å². The third-order valence-electron chi connectivity index (χ3n) is 5.28. The fraction of sp³-hybridized carbons (Fsp3) is 0.238. The van der Waals surface area contributed by atoms with Crippen molar-refractivity contribution in [2.75, 3.05) is 13.7 Å². The third-order valence-corrected chi connectivity index (χ3v) is 5.59. The first kappa shape index (κ1) is 18.7. The summed E-state index contributed by atoms with van der Waals surface area (Å²) in [5, 5.41) is 8.74. The molecular weight excluding hydrogens is 409 g/mol. The first-order chi connectivity index (χ1) is 14.7. The number of aromatic nitrogens is 5. The predicted octanol–water partition coefficient (Wildman–Crippen LogP) is 3.71. The molecule has 0 bridgehead atoms. The normalized spacial score (nSPS) is 12.8. The number of hydrogen-bond donors (Lipinski definition) is 0. The van der Waals surface area contributed by atoms with Crippen LogP contribution in [0.2, 0.25) is 5.02 Å². The molecule has 1 aliphatic rings. The predicted molar refractivity (Wildman–Crippen MR) is 109 cm³/mol. The van der Waals surface area contributed by atoms with Crippen molar-refractivity contribution in [2.24, 2.45) is 0 Å². The van der Waals surface area contributed by atoms with Gasteiger partial charge in [-0.1, -0.05) is 11.6 Å². The lowest BCUT2D eigenvalue weighted by Crippen LogP contribution is -2.06. The number of pyridine rings is 1. The Morgan fingerprint density at radius 1 is 1.20 bits per heavy atom. The zero-order chi connectivity index (χ0) is 20.7. The Bertz CT molecular complexity index is 1260. The molecule has 3 aromatic heterocycles. The third kappa shape index (κ3) is 3.13. The van der Waals surface area contributed by atoms with E-state index in [1.54, 1.807) is 35.3 Å². The molecule has 0 atom stereocenters. The van der Waals surface area contributed by atoms with Crippen LogP contribution in [0.1, 0.15) is 17.0 Å². The molecule has 1 aliphatic heterocycles. The topological polar surface area (TPSA) is 74.4 Å². The number of nitrogens with zero attached hydrogens (tertiary/aromatic N) is 5. The van der Waals surface area contributed by atoms with Gasteiger partial charge in [-0.25, -0.2) is 14.4 Å². The minimum absolute atomic E-state index is 0.216. The van der Waals surface area contributed by atoms with Crippen LogP contribution in [0.4, 0.5) is 4.39 Å². The van der Waals surface area contributed by atoms with Gasteiger partial charge in [0, 0.05) is 48.0 Å². The molecule has 0 saturated heterocycles. The van der Waals surface area contributed by atoms with Gasteiger partial charge in [0.1, 0.15) is 23.7 Å². The van der Waals surface area contributed by atoms with E-state index in [1.807, 2.05) is 0 Å². The van der Waals surface area contributed by atoms with E-state index in [9.17, 15) is 4.39 Å². The maximum absolute atomic E-state index is 14.5. The van der Waals surface area contributed by atoms with Crippen molar-refractivity contribution in [1.82, 2.24) is 24.6 Å². The van der Waals surface area contributed by atoms with Crippen molar-refractivity contribution >= 4 is 17.2 Å². The molecular formula is C21H17ClFN5O2. The smallest absolute Gasteiger partial charge is 0.214 e. The highest BCUT2D eigenvalue weighted by Crippen LogP contribution is 2.33. The molecule has 5 rings (SSSR count). The van der Waals surface area contributed by atoms with Gasteiger partial charge in [0.25, 0.3) is 0 Å². The zero-order valence-corrected chi connectivity index (χ0v) is 16.9. The van der Waals surface area contributed by atoms with Crippen LogP contribution in [-0.2, 0) is 19.3 Å². The van der Waals surface area contributed by atoms with E-state index in [4.69, 9.17) is 21.1 Å². The summed E-state index contributed by atoms with van der Waals surface area (Å²) in [6.45, 7) is 0.588. The van der Waals surface area contributed by atoms with Crippen LogP contribution in [0, 0.1) is 5.82 Å². The quantitative estimate of drug-likeness (QED) is 0.485. The van der Waals surface area contributed by atoms with E-state index < -0.39 is 0 Å². The average molecular weight is 426 g/mol. The number of fused-ring (bicyclic) bond motifs is 2. The maximum Gasteiger partial charge on any atom is 0.214 e. The van der Waals surface area contributed by atoms with Crippen molar-refractivity contribution in [1.29, 1.82) is 0 Å². The summed E-state index contributed by atoms with van der Waals surface area (Å²) < 4.78 is 26.9. The summed E-state index contributed by atoms with van der Waals surface area (Å²) in [7, 11) is 1.53. The summed E-state index contributed by atoms with van der Waals surface area (Å²) in [6, 6.07) is 4.79. The number of benzene rings is 1. The highest BCUT2D eigenvalue weighted by molar-refractivity contribution is 6.33. The molecule has 1 aromatic carbocycles. The molecule has 0 saturated carbocycles. The van der Waals surface area contributed by atoms with E-state index in [2.05, 4.69) is 20.2 Å². The van der Waals surface area contributed by atoms with Gasteiger partial charge in [-0.05, 0) is 24.1 Å². The van der Waals surface area contributed by atoms with E-state index in [1.165, 1.54) is 13.2 Å². The summed E-state index contributed by atoms with van der Waals surface area (Å²) in [5.74, 6) is 1.71. The van der Waals surface area contributed by atoms with Crippen molar-refractivity contribution in [3.05, 3.63) is 64.7 Å². The molecule has 9 heteroatoms. The second-order valence-electron chi connectivity index (χ2n) is 6.92. The van der Waals surface area contributed by atoms with Gasteiger partial charge < -0.3 is 9.47 Å². The first-order valence-electron chi connectivity index (χ1n) is 9.46. The van der Waals surface area contributed by atoms with Gasteiger partial charge in [-0.3, -0.25) is 4.40 Å². The van der Waals surface area contributed by atoms with Gasteiger partial charge in [0.05, 0.1) is 18.7 Å². The molecule has 4 heterocycles. The summed E-state index contributed by atoms with van der Waals surface area (Å²) in [5.41, 5.74) is 3.62. The van der Waals surface area contributed by atoms with Crippen LogP contribution in [-0.4, -0.2) is 38.3 Å². The Morgan fingerprint density at radius 3 is 2.90 bits per heavy atom. The van der Waals surface area contributed by atoms with Crippen LogP contribution in [0.3, 0.4) is 0 Å². The summed E-state index contributed by atoms with van der Waals surface area (Å²) >= 11 is 6.40. The lowest BCUT2D eigenvalue weighted by Gasteiger charge is -2.11. The standard InChI is InChI=1S/C21H17ClFN5O2/c1-29-20-8-16(22)14(9-25-20)15-10-24-19(28-11-26-27-21(15)28)5-2-12-13-6-7-30-18(13)4-3-17(12)23/h3-4,8-11H,2,5-7H2,1H3. The number of aryl methyl sites for hydroxylation is 1. The van der Waals surface area contributed by atoms with E-state index in [-0.39, 0.29) is 5.82 Å². The molecule has 0 fully saturated rings. The van der Waals surface area contributed by atoms with Crippen LogP contribution in [0.25, 0.3) is 16.8 Å². The molecule has 0 spiro atoms. The fourth-order valence-corrected chi connectivity index (χ4v) is 4.03. The molecule has 30 heavy (non-hydrogen) atoms. The van der Waals surface area contributed by atoms with E-state index in [0.29, 0.717) is 52.7 Å². The van der Waals surface area contributed by atoms with Crippen LogP contribution >= 0.6 is 11.6 Å². The second-order valence-corrected chi connectivity index (χ2v) is 7.33. The zero-order valence-electron chi connectivity index (χ0n) is 16.1. The Morgan fingerprint density at radius 2 is 2.07 bits per heavy atom. The van der Waals surface area contributed by atoms with Crippen molar-refractivity contribution in [3.8, 4) is 22.8 Å². The highest BCUT2D eigenvalue weighted by Gasteiger charge is 2.20. The molecule has 0 aliphatic carbocycles. The van der Waals surface area contributed by atoms with Gasteiger partial charge in [0.2, 0.25) is 5.88 Å². The number of methoxy groups -OCH3 is 1. The molecule has 0 radical (unpaired) electrons. The minimum atomic E-state index is -0.216. The van der Waals surface area contributed by atoms with Crippen molar-refractivity contribution < 1.29 is 13.9 Å². The van der Waals surface area contributed by atoms with Gasteiger partial charge in [-0.15, -0.1) is 10.2 Å². The summed E-state index contributed by atoms with van der Waals surface area (Å²) in [4.78, 5) is 8.81. The number of rotatable bonds is 5. The minimum Gasteiger partial charge on any atom is -0.493 e. The van der Waals surface area contributed by atoms with Gasteiger partial charge >= 0.3 is 0 Å². The average Bonchev–Trinajstić information content (AvgIpc) is 3.43. The molecule has 0 N–H and O–H groups in total. The Balaban J connectivity index is 1.49. The Hall–Kier alpha value is -3.26. The SMILES string of the molecule is COc1cc(Cl)c(-c2cnc(CCc3c(F)ccc4c3CCO4)n3cnnc23)cn1. The van der Waals surface area contributed by atoms with Crippen molar-refractivity contribution in [2.45, 2.75) is 19.3 Å². The Kier molecular flexibility index (Phi) is 4.71. The van der Waals surface area contributed by atoms with Crippen LogP contribution < -0.4 is 9.47 Å². The fourth-order valence-electron chi connectivity index (χ4n) is 3.79. The molecule has 4 aromatic rings. The van der Waals surface area contributed by atoms with Crippen LogP contribution in [0.5, 0.6) is 11.6 Å². The van der Waals surface area contributed by atoms with E-state index in [0.717, 1.165) is 23.6 Å². The maximum atomic E-state index is 14.5. The first-order valence-corrected chi connectivity index (χ1v) is 9.84. The second kappa shape index (κ2) is 7.53. The number of hydrogen-bond acceptors (Lipinski definition) is 6. The monoisotopic (exact) mass is 425 g/mol. The molecule has 0 amide bonds. The van der Waals surface area contributed by atoms with Crippen molar-refractivity contribution in [3.63, 3.8) is 0 Å². The highest BCUT2D eigenvalue weighted by atomic mass is 35.5. The molecule has 0 unspecified atom stereocenters. The molecule has 152 valence electrons.